The number of fused-ring (bicyclic) bond motifs is 1. The quantitative estimate of drug-likeness (QED) is 0.627. The Morgan fingerprint density at radius 1 is 1.15 bits per heavy atom. The maximum atomic E-state index is 5.99. The average Bonchev–Trinajstić information content (AvgIpc) is 2.02. The van der Waals surface area contributed by atoms with Gasteiger partial charge in [-0.15, -0.1) is 0 Å². The molecule has 4 heteroatoms. The first-order chi connectivity index (χ1) is 6.18. The molecule has 2 aromatic rings. The van der Waals surface area contributed by atoms with Crippen molar-refractivity contribution in [3.05, 3.63) is 34.2 Å². The highest BCUT2D eigenvalue weighted by Crippen LogP contribution is 2.24. The van der Waals surface area contributed by atoms with E-state index in [2.05, 4.69) is 9.97 Å². The molecule has 0 aliphatic rings. The van der Waals surface area contributed by atoms with Crippen LogP contribution in [0.15, 0.2) is 18.2 Å². The summed E-state index contributed by atoms with van der Waals surface area (Å²) in [5.74, 6) is 0. The molecule has 0 saturated heterocycles. The fraction of sp³-hybridized carbons (Fsp3) is 0.111. The molecule has 0 spiro atoms. The number of hydrogen-bond donors (Lipinski definition) is 0. The molecule has 0 aliphatic heterocycles. The summed E-state index contributed by atoms with van der Waals surface area (Å²) in [5.41, 5.74) is 1.59. The molecule has 0 atom stereocenters. The minimum Gasteiger partial charge on any atom is -0.223 e. The monoisotopic (exact) mass is 212 g/mol. The third kappa shape index (κ3) is 1.47. The van der Waals surface area contributed by atoms with Gasteiger partial charge in [-0.25, -0.2) is 9.97 Å². The Bertz CT molecular complexity index is 468. The van der Waals surface area contributed by atoms with E-state index in [1.807, 2.05) is 25.1 Å². The van der Waals surface area contributed by atoms with E-state index in [-0.39, 0.29) is 5.28 Å². The van der Waals surface area contributed by atoms with Crippen LogP contribution in [0, 0.1) is 6.92 Å². The second kappa shape index (κ2) is 3.13. The van der Waals surface area contributed by atoms with Gasteiger partial charge in [-0.05, 0) is 30.7 Å². The third-order valence-electron chi connectivity index (χ3n) is 1.83. The van der Waals surface area contributed by atoms with Crippen molar-refractivity contribution in [2.75, 3.05) is 0 Å². The molecule has 0 radical (unpaired) electrons. The Balaban J connectivity index is 2.94. The second-order valence-corrected chi connectivity index (χ2v) is 3.46. The summed E-state index contributed by atoms with van der Waals surface area (Å²) in [6.45, 7) is 1.86. The van der Waals surface area contributed by atoms with Crippen molar-refractivity contribution in [1.82, 2.24) is 9.97 Å². The van der Waals surface area contributed by atoms with Crippen LogP contribution in [0.4, 0.5) is 0 Å². The van der Waals surface area contributed by atoms with Crippen LogP contribution in [0.5, 0.6) is 0 Å². The van der Waals surface area contributed by atoms with Crippen LogP contribution in [-0.4, -0.2) is 9.97 Å². The standard InChI is InChI=1S/C9H6Cl2N2/c1-5-8-6(10)3-2-4-7(8)13-9(11)12-5/h2-4H,1H3. The van der Waals surface area contributed by atoms with Gasteiger partial charge in [0, 0.05) is 5.39 Å². The normalized spacial score (nSPS) is 10.7. The minimum absolute atomic E-state index is 0.257. The van der Waals surface area contributed by atoms with Crippen LogP contribution in [0.1, 0.15) is 5.69 Å². The van der Waals surface area contributed by atoms with Gasteiger partial charge in [0.1, 0.15) is 0 Å². The van der Waals surface area contributed by atoms with Crippen molar-refractivity contribution < 1.29 is 0 Å². The van der Waals surface area contributed by atoms with Crippen molar-refractivity contribution in [1.29, 1.82) is 0 Å². The lowest BCUT2D eigenvalue weighted by molar-refractivity contribution is 1.15. The molecule has 0 aliphatic carbocycles. The SMILES string of the molecule is Cc1nc(Cl)nc2cccc(Cl)c12. The van der Waals surface area contributed by atoms with Gasteiger partial charge in [0.25, 0.3) is 0 Å². The van der Waals surface area contributed by atoms with Crippen LogP contribution in [0.25, 0.3) is 10.9 Å². The Kier molecular flexibility index (Phi) is 2.10. The third-order valence-corrected chi connectivity index (χ3v) is 2.31. The van der Waals surface area contributed by atoms with Crippen molar-refractivity contribution >= 4 is 34.1 Å². The van der Waals surface area contributed by atoms with Crippen LogP contribution in [0.3, 0.4) is 0 Å². The number of aryl methyl sites for hydroxylation is 1. The van der Waals surface area contributed by atoms with E-state index >= 15 is 0 Å². The number of halogens is 2. The molecular weight excluding hydrogens is 207 g/mol. The largest absolute Gasteiger partial charge is 0.223 e. The second-order valence-electron chi connectivity index (χ2n) is 2.71. The fourth-order valence-corrected chi connectivity index (χ4v) is 1.81. The number of nitrogens with zero attached hydrogens (tertiary/aromatic N) is 2. The van der Waals surface area contributed by atoms with Crippen LogP contribution in [-0.2, 0) is 0 Å². The molecule has 66 valence electrons. The number of rotatable bonds is 0. The number of aromatic nitrogens is 2. The Morgan fingerprint density at radius 3 is 2.69 bits per heavy atom. The lowest BCUT2D eigenvalue weighted by atomic mass is 10.2. The molecule has 0 fully saturated rings. The highest BCUT2D eigenvalue weighted by molar-refractivity contribution is 6.35. The molecule has 0 saturated carbocycles. The van der Waals surface area contributed by atoms with Crippen LogP contribution >= 0.6 is 23.2 Å². The number of hydrogen-bond acceptors (Lipinski definition) is 2. The topological polar surface area (TPSA) is 25.8 Å². The molecule has 2 nitrogen and oxygen atoms in total. The van der Waals surface area contributed by atoms with E-state index in [1.54, 1.807) is 0 Å². The summed E-state index contributed by atoms with van der Waals surface area (Å²) in [6.07, 6.45) is 0. The fourth-order valence-electron chi connectivity index (χ4n) is 1.28. The van der Waals surface area contributed by atoms with Crippen LogP contribution < -0.4 is 0 Å². The Hall–Kier alpha value is -0.860. The lowest BCUT2D eigenvalue weighted by Crippen LogP contribution is -1.89. The molecule has 13 heavy (non-hydrogen) atoms. The molecule has 0 N–H and O–H groups in total. The predicted octanol–water partition coefficient (Wildman–Crippen LogP) is 3.25. The van der Waals surface area contributed by atoms with Gasteiger partial charge in [0.05, 0.1) is 16.2 Å². The van der Waals surface area contributed by atoms with Crippen molar-refractivity contribution in [3.8, 4) is 0 Å². The first-order valence-electron chi connectivity index (χ1n) is 3.77. The highest BCUT2D eigenvalue weighted by atomic mass is 35.5. The van der Waals surface area contributed by atoms with Crippen molar-refractivity contribution in [2.24, 2.45) is 0 Å². The van der Waals surface area contributed by atoms with E-state index < -0.39 is 0 Å². The Morgan fingerprint density at radius 2 is 1.92 bits per heavy atom. The molecule has 1 heterocycles. The smallest absolute Gasteiger partial charge is 0.223 e. The zero-order valence-electron chi connectivity index (χ0n) is 6.88. The van der Waals surface area contributed by atoms with Gasteiger partial charge < -0.3 is 0 Å². The van der Waals surface area contributed by atoms with E-state index in [4.69, 9.17) is 23.2 Å². The molecule has 1 aromatic carbocycles. The summed E-state index contributed by atoms with van der Waals surface area (Å²) in [6, 6.07) is 5.52. The Labute approximate surface area is 85.5 Å². The summed E-state index contributed by atoms with van der Waals surface area (Å²) in [5, 5.41) is 1.78. The molecule has 2 rings (SSSR count). The first kappa shape index (κ1) is 8.73. The van der Waals surface area contributed by atoms with E-state index in [0.717, 1.165) is 16.6 Å². The van der Waals surface area contributed by atoms with Gasteiger partial charge in [-0.2, -0.15) is 0 Å². The van der Waals surface area contributed by atoms with E-state index in [0.29, 0.717) is 5.02 Å². The molecule has 1 aromatic heterocycles. The maximum absolute atomic E-state index is 5.99. The number of benzene rings is 1. The zero-order valence-corrected chi connectivity index (χ0v) is 8.39. The van der Waals surface area contributed by atoms with Crippen LogP contribution in [0.2, 0.25) is 10.3 Å². The van der Waals surface area contributed by atoms with Crippen molar-refractivity contribution in [3.63, 3.8) is 0 Å². The summed E-state index contributed by atoms with van der Waals surface area (Å²) in [7, 11) is 0. The van der Waals surface area contributed by atoms with E-state index in [9.17, 15) is 0 Å². The molecule has 0 unspecified atom stereocenters. The minimum atomic E-state index is 0.257. The lowest BCUT2D eigenvalue weighted by Gasteiger charge is -2.02. The van der Waals surface area contributed by atoms with Gasteiger partial charge in [0.15, 0.2) is 0 Å². The molecular formula is C9H6Cl2N2. The molecule has 0 bridgehead atoms. The van der Waals surface area contributed by atoms with Gasteiger partial charge >= 0.3 is 0 Å². The molecule has 0 amide bonds. The zero-order chi connectivity index (χ0) is 9.42. The predicted molar refractivity (Wildman–Crippen MR) is 54.3 cm³/mol. The van der Waals surface area contributed by atoms with E-state index in [1.165, 1.54) is 0 Å². The van der Waals surface area contributed by atoms with Gasteiger partial charge in [-0.3, -0.25) is 0 Å². The average molecular weight is 213 g/mol. The first-order valence-corrected chi connectivity index (χ1v) is 4.52. The van der Waals surface area contributed by atoms with Crippen molar-refractivity contribution in [2.45, 2.75) is 6.92 Å². The summed E-state index contributed by atoms with van der Waals surface area (Å²) >= 11 is 11.7. The van der Waals surface area contributed by atoms with Gasteiger partial charge in [0.2, 0.25) is 5.28 Å². The van der Waals surface area contributed by atoms with Gasteiger partial charge in [-0.1, -0.05) is 17.7 Å². The summed E-state index contributed by atoms with van der Waals surface area (Å²) in [4.78, 5) is 8.10. The highest BCUT2D eigenvalue weighted by Gasteiger charge is 2.05. The maximum Gasteiger partial charge on any atom is 0.223 e. The summed E-state index contributed by atoms with van der Waals surface area (Å²) < 4.78 is 0.